The molecule has 1 fully saturated rings. The average molecular weight is 260 g/mol. The lowest BCUT2D eigenvalue weighted by Gasteiger charge is -2.22. The van der Waals surface area contributed by atoms with Crippen molar-refractivity contribution in [1.29, 1.82) is 0 Å². The first-order valence-electron chi connectivity index (χ1n) is 6.48. The Morgan fingerprint density at radius 2 is 2.05 bits per heavy atom. The normalized spacial score (nSPS) is 21.1. The molecule has 1 saturated heterocycles. The third kappa shape index (κ3) is 2.08. The second-order valence-corrected chi connectivity index (χ2v) is 4.97. The minimum absolute atomic E-state index is 0.255. The van der Waals surface area contributed by atoms with E-state index < -0.39 is 0 Å². The number of piperidine rings is 1. The second kappa shape index (κ2) is 4.62. The van der Waals surface area contributed by atoms with Crippen LogP contribution < -0.4 is 10.2 Å². The fourth-order valence-electron chi connectivity index (χ4n) is 2.55. The molecule has 0 aliphatic carbocycles. The average Bonchev–Trinajstić information content (AvgIpc) is 2.97. The molecular weight excluding hydrogens is 244 g/mol. The molecule has 3 rings (SSSR count). The Bertz CT molecular complexity index is 555. The molecule has 0 atom stereocenters. The highest BCUT2D eigenvalue weighted by Crippen LogP contribution is 2.25. The summed E-state index contributed by atoms with van der Waals surface area (Å²) < 4.78 is 1.87. The summed E-state index contributed by atoms with van der Waals surface area (Å²) in [6, 6.07) is 0.344. The van der Waals surface area contributed by atoms with Crippen molar-refractivity contribution in [3.63, 3.8) is 0 Å². The summed E-state index contributed by atoms with van der Waals surface area (Å²) in [6.45, 7) is 3.60. The van der Waals surface area contributed by atoms with E-state index in [4.69, 9.17) is 0 Å². The van der Waals surface area contributed by atoms with Gasteiger partial charge in [-0.05, 0) is 32.9 Å². The van der Waals surface area contributed by atoms with Crippen LogP contribution in [0.3, 0.4) is 0 Å². The second-order valence-electron chi connectivity index (χ2n) is 4.97. The van der Waals surface area contributed by atoms with E-state index in [2.05, 4.69) is 10.4 Å². The third-order valence-electron chi connectivity index (χ3n) is 3.63. The Kier molecular flexibility index (Phi) is 2.94. The number of imide groups is 1. The molecule has 100 valence electrons. The van der Waals surface area contributed by atoms with Crippen LogP contribution in [-0.2, 0) is 9.59 Å². The van der Waals surface area contributed by atoms with Crippen LogP contribution in [0.25, 0.3) is 0 Å². The number of carbonyl (C=O) groups is 2. The van der Waals surface area contributed by atoms with Crippen molar-refractivity contribution in [3.05, 3.63) is 24.0 Å². The summed E-state index contributed by atoms with van der Waals surface area (Å²) in [5, 5.41) is 7.60. The molecule has 0 aromatic carbocycles. The van der Waals surface area contributed by atoms with Gasteiger partial charge in [-0.25, -0.2) is 4.90 Å². The van der Waals surface area contributed by atoms with Gasteiger partial charge in [0, 0.05) is 17.8 Å². The van der Waals surface area contributed by atoms with Gasteiger partial charge in [0.05, 0.1) is 17.9 Å². The smallest absolute Gasteiger partial charge is 0.261 e. The van der Waals surface area contributed by atoms with E-state index in [1.54, 1.807) is 19.3 Å². The Hall–Kier alpha value is -1.95. The van der Waals surface area contributed by atoms with Crippen LogP contribution in [0.4, 0.5) is 5.69 Å². The van der Waals surface area contributed by atoms with Gasteiger partial charge >= 0.3 is 0 Å². The number of rotatable bonds is 2. The number of aromatic nitrogens is 2. The van der Waals surface area contributed by atoms with Crippen LogP contribution in [0.15, 0.2) is 24.0 Å². The van der Waals surface area contributed by atoms with Crippen molar-refractivity contribution in [2.45, 2.75) is 25.8 Å². The van der Waals surface area contributed by atoms with E-state index in [1.807, 2.05) is 4.68 Å². The van der Waals surface area contributed by atoms with Crippen molar-refractivity contribution < 1.29 is 9.59 Å². The van der Waals surface area contributed by atoms with E-state index in [0.717, 1.165) is 25.9 Å². The Labute approximate surface area is 111 Å². The fourth-order valence-corrected chi connectivity index (χ4v) is 2.55. The first-order chi connectivity index (χ1) is 9.16. The maximum Gasteiger partial charge on any atom is 0.261 e. The van der Waals surface area contributed by atoms with Gasteiger partial charge in [-0.1, -0.05) is 0 Å². The van der Waals surface area contributed by atoms with Crippen LogP contribution in [0.5, 0.6) is 0 Å². The van der Waals surface area contributed by atoms with E-state index in [9.17, 15) is 9.59 Å². The molecule has 2 aliphatic rings. The third-order valence-corrected chi connectivity index (χ3v) is 3.63. The molecule has 1 aromatic heterocycles. The van der Waals surface area contributed by atoms with Gasteiger partial charge in [0.25, 0.3) is 11.8 Å². The number of anilines is 1. The number of hydrogen-bond donors (Lipinski definition) is 1. The quantitative estimate of drug-likeness (QED) is 0.792. The molecule has 1 N–H and O–H groups in total. The fraction of sp³-hybridized carbons (Fsp3) is 0.462. The predicted molar refractivity (Wildman–Crippen MR) is 69.6 cm³/mol. The first-order valence-corrected chi connectivity index (χ1v) is 6.48. The highest BCUT2D eigenvalue weighted by atomic mass is 16.2. The summed E-state index contributed by atoms with van der Waals surface area (Å²) in [5.41, 5.74) is 1.03. The lowest BCUT2D eigenvalue weighted by molar-refractivity contribution is -0.120. The number of carbonyl (C=O) groups excluding carboxylic acids is 2. The van der Waals surface area contributed by atoms with Crippen LogP contribution in [0, 0.1) is 0 Å². The van der Waals surface area contributed by atoms with Crippen molar-refractivity contribution in [2.75, 3.05) is 18.0 Å². The van der Waals surface area contributed by atoms with Gasteiger partial charge in [0.1, 0.15) is 0 Å². The van der Waals surface area contributed by atoms with Crippen LogP contribution >= 0.6 is 0 Å². The standard InChI is InChI=1S/C13H16N4O2/c1-9-6-12(18)17(13(9)19)11-7-15-16(8-11)10-2-4-14-5-3-10/h6-8,10,14H,2-5H2,1H3. The number of nitrogens with zero attached hydrogens (tertiary/aromatic N) is 3. The van der Waals surface area contributed by atoms with Crippen molar-refractivity contribution >= 4 is 17.5 Å². The lowest BCUT2D eigenvalue weighted by atomic mass is 10.1. The molecule has 1 aromatic rings. The van der Waals surface area contributed by atoms with Gasteiger partial charge in [-0.3, -0.25) is 14.3 Å². The molecule has 0 saturated carbocycles. The van der Waals surface area contributed by atoms with Crippen molar-refractivity contribution in [2.24, 2.45) is 0 Å². The molecular formula is C13H16N4O2. The molecule has 0 unspecified atom stereocenters. The summed E-state index contributed by atoms with van der Waals surface area (Å²) in [7, 11) is 0. The highest BCUT2D eigenvalue weighted by molar-refractivity contribution is 6.30. The molecule has 6 heteroatoms. The zero-order chi connectivity index (χ0) is 13.4. The first kappa shape index (κ1) is 12.1. The van der Waals surface area contributed by atoms with Crippen LogP contribution in [0.1, 0.15) is 25.8 Å². The molecule has 6 nitrogen and oxygen atoms in total. The lowest BCUT2D eigenvalue weighted by Crippen LogP contribution is -2.31. The van der Waals surface area contributed by atoms with E-state index in [0.29, 0.717) is 17.3 Å². The van der Waals surface area contributed by atoms with Crippen molar-refractivity contribution in [1.82, 2.24) is 15.1 Å². The van der Waals surface area contributed by atoms with Gasteiger partial charge in [0.2, 0.25) is 0 Å². The molecule has 3 heterocycles. The molecule has 0 radical (unpaired) electrons. The predicted octanol–water partition coefficient (Wildman–Crippen LogP) is 0.627. The van der Waals surface area contributed by atoms with E-state index in [1.165, 1.54) is 11.0 Å². The SMILES string of the molecule is CC1=CC(=O)N(c2cnn(C3CCNCC3)c2)C1=O. The summed E-state index contributed by atoms with van der Waals surface area (Å²) in [5.74, 6) is -0.540. The van der Waals surface area contributed by atoms with Crippen molar-refractivity contribution in [3.8, 4) is 0 Å². The maximum absolute atomic E-state index is 11.9. The molecule has 0 bridgehead atoms. The maximum atomic E-state index is 11.9. The molecule has 2 amide bonds. The Morgan fingerprint density at radius 1 is 1.32 bits per heavy atom. The van der Waals surface area contributed by atoms with Crippen LogP contribution in [0.2, 0.25) is 0 Å². The van der Waals surface area contributed by atoms with Gasteiger partial charge in [0.15, 0.2) is 0 Å². The number of nitrogens with one attached hydrogen (secondary N) is 1. The Balaban J connectivity index is 1.82. The van der Waals surface area contributed by atoms with E-state index >= 15 is 0 Å². The molecule has 2 aliphatic heterocycles. The van der Waals surface area contributed by atoms with Gasteiger partial charge in [-0.15, -0.1) is 0 Å². The minimum atomic E-state index is -0.285. The van der Waals surface area contributed by atoms with E-state index in [-0.39, 0.29) is 11.8 Å². The number of amides is 2. The summed E-state index contributed by atoms with van der Waals surface area (Å²) >= 11 is 0. The number of hydrogen-bond acceptors (Lipinski definition) is 4. The van der Waals surface area contributed by atoms with Gasteiger partial charge in [-0.2, -0.15) is 5.10 Å². The largest absolute Gasteiger partial charge is 0.317 e. The highest BCUT2D eigenvalue weighted by Gasteiger charge is 2.31. The van der Waals surface area contributed by atoms with Crippen LogP contribution in [-0.4, -0.2) is 34.7 Å². The van der Waals surface area contributed by atoms with Gasteiger partial charge < -0.3 is 5.32 Å². The summed E-state index contributed by atoms with van der Waals surface area (Å²) in [4.78, 5) is 24.8. The zero-order valence-corrected chi connectivity index (χ0v) is 10.8. The topological polar surface area (TPSA) is 67.2 Å². The monoisotopic (exact) mass is 260 g/mol. The minimum Gasteiger partial charge on any atom is -0.317 e. The summed E-state index contributed by atoms with van der Waals surface area (Å²) in [6.07, 6.45) is 6.77. The Morgan fingerprint density at radius 3 is 2.68 bits per heavy atom. The molecule has 19 heavy (non-hydrogen) atoms. The zero-order valence-electron chi connectivity index (χ0n) is 10.8. The molecule has 0 spiro atoms.